The third kappa shape index (κ3) is 1.90. The fourth-order valence-electron chi connectivity index (χ4n) is 1.57. The number of rotatable bonds is 2. The lowest BCUT2D eigenvalue weighted by molar-refractivity contribution is 1.08. The molecule has 0 spiro atoms. The number of alkyl halides is 1. The molecule has 0 saturated heterocycles. The van der Waals surface area contributed by atoms with E-state index in [4.69, 9.17) is 11.6 Å². The highest BCUT2D eigenvalue weighted by atomic mass is 35.5. The van der Waals surface area contributed by atoms with E-state index in [1.165, 1.54) is 0 Å². The largest absolute Gasteiger partial charge is 0.363 e. The molecule has 2 rings (SSSR count). The van der Waals surface area contributed by atoms with Crippen LogP contribution in [-0.2, 0) is 5.88 Å². The van der Waals surface area contributed by atoms with Crippen LogP contribution < -0.4 is 4.90 Å². The Labute approximate surface area is 94.5 Å². The maximum absolute atomic E-state index is 5.94. The second-order valence-corrected chi connectivity index (χ2v) is 3.95. The standard InChI is InChI=1S/C12H13ClN2/c1-15(2)12-7-9(8-13)10-5-3-4-6-11(10)14-12/h3-7H,8H2,1-2H3. The van der Waals surface area contributed by atoms with Crippen molar-refractivity contribution in [3.63, 3.8) is 0 Å². The van der Waals surface area contributed by atoms with Gasteiger partial charge in [0.25, 0.3) is 0 Å². The molecule has 0 unspecified atom stereocenters. The summed E-state index contributed by atoms with van der Waals surface area (Å²) in [6.07, 6.45) is 0. The molecule has 1 heterocycles. The summed E-state index contributed by atoms with van der Waals surface area (Å²) in [6.45, 7) is 0. The summed E-state index contributed by atoms with van der Waals surface area (Å²) in [7, 11) is 3.96. The molecule has 15 heavy (non-hydrogen) atoms. The van der Waals surface area contributed by atoms with Crippen LogP contribution in [0.25, 0.3) is 10.9 Å². The fraction of sp³-hybridized carbons (Fsp3) is 0.250. The summed E-state index contributed by atoms with van der Waals surface area (Å²) in [5, 5.41) is 1.14. The van der Waals surface area contributed by atoms with Crippen LogP contribution in [0.2, 0.25) is 0 Å². The van der Waals surface area contributed by atoms with E-state index in [2.05, 4.69) is 11.1 Å². The van der Waals surface area contributed by atoms with Gasteiger partial charge in [0.15, 0.2) is 0 Å². The number of benzene rings is 1. The van der Waals surface area contributed by atoms with E-state index in [1.54, 1.807) is 0 Å². The van der Waals surface area contributed by atoms with Crippen LogP contribution in [0.4, 0.5) is 5.82 Å². The minimum Gasteiger partial charge on any atom is -0.363 e. The van der Waals surface area contributed by atoms with Gasteiger partial charge >= 0.3 is 0 Å². The number of aromatic nitrogens is 1. The fourth-order valence-corrected chi connectivity index (χ4v) is 1.79. The van der Waals surface area contributed by atoms with Gasteiger partial charge in [-0.15, -0.1) is 11.6 Å². The number of nitrogens with zero attached hydrogens (tertiary/aromatic N) is 2. The Balaban J connectivity index is 2.71. The van der Waals surface area contributed by atoms with Crippen LogP contribution in [0.1, 0.15) is 5.56 Å². The summed E-state index contributed by atoms with van der Waals surface area (Å²) in [5.74, 6) is 1.47. The maximum atomic E-state index is 5.94. The molecular weight excluding hydrogens is 208 g/mol. The van der Waals surface area contributed by atoms with E-state index in [9.17, 15) is 0 Å². The van der Waals surface area contributed by atoms with Crippen molar-refractivity contribution < 1.29 is 0 Å². The first-order valence-electron chi connectivity index (χ1n) is 4.84. The predicted octanol–water partition coefficient (Wildman–Crippen LogP) is 3.04. The number of halogens is 1. The molecule has 0 fully saturated rings. The van der Waals surface area contributed by atoms with Crippen molar-refractivity contribution in [1.29, 1.82) is 0 Å². The first-order valence-corrected chi connectivity index (χ1v) is 5.38. The topological polar surface area (TPSA) is 16.1 Å². The normalized spacial score (nSPS) is 10.6. The second kappa shape index (κ2) is 4.07. The van der Waals surface area contributed by atoms with Crippen LogP contribution >= 0.6 is 11.6 Å². The highest BCUT2D eigenvalue weighted by Crippen LogP contribution is 2.23. The van der Waals surface area contributed by atoms with Gasteiger partial charge in [-0.2, -0.15) is 0 Å². The molecule has 0 N–H and O–H groups in total. The van der Waals surface area contributed by atoms with Crippen molar-refractivity contribution in [2.45, 2.75) is 5.88 Å². The molecule has 78 valence electrons. The van der Waals surface area contributed by atoms with Crippen LogP contribution in [0.3, 0.4) is 0 Å². The van der Waals surface area contributed by atoms with Gasteiger partial charge in [-0.3, -0.25) is 0 Å². The molecule has 0 saturated carbocycles. The van der Waals surface area contributed by atoms with Crippen molar-refractivity contribution in [3.8, 4) is 0 Å². The van der Waals surface area contributed by atoms with Gasteiger partial charge in [0.2, 0.25) is 0 Å². The van der Waals surface area contributed by atoms with Gasteiger partial charge in [0.05, 0.1) is 5.52 Å². The van der Waals surface area contributed by atoms with Crippen molar-refractivity contribution in [2.24, 2.45) is 0 Å². The Morgan fingerprint density at radius 1 is 1.27 bits per heavy atom. The van der Waals surface area contributed by atoms with E-state index in [0.717, 1.165) is 22.3 Å². The van der Waals surface area contributed by atoms with E-state index in [1.807, 2.05) is 43.3 Å². The number of hydrogen-bond acceptors (Lipinski definition) is 2. The zero-order valence-electron chi connectivity index (χ0n) is 8.87. The number of pyridine rings is 1. The molecule has 0 amide bonds. The lowest BCUT2D eigenvalue weighted by Crippen LogP contribution is -2.11. The van der Waals surface area contributed by atoms with Gasteiger partial charge in [0, 0.05) is 25.4 Å². The SMILES string of the molecule is CN(C)c1cc(CCl)c2ccccc2n1. The highest BCUT2D eigenvalue weighted by Gasteiger charge is 2.05. The highest BCUT2D eigenvalue weighted by molar-refractivity contribution is 6.18. The molecule has 2 aromatic rings. The lowest BCUT2D eigenvalue weighted by Gasteiger charge is -2.13. The number of hydrogen-bond donors (Lipinski definition) is 0. The summed E-state index contributed by atoms with van der Waals surface area (Å²) >= 11 is 5.94. The third-order valence-corrected chi connectivity index (χ3v) is 2.68. The molecule has 0 atom stereocenters. The van der Waals surface area contributed by atoms with Gasteiger partial charge in [0.1, 0.15) is 5.82 Å². The monoisotopic (exact) mass is 220 g/mol. The minimum absolute atomic E-state index is 0.518. The first-order chi connectivity index (χ1) is 7.22. The van der Waals surface area contributed by atoms with Crippen LogP contribution in [0.15, 0.2) is 30.3 Å². The molecule has 3 heteroatoms. The third-order valence-electron chi connectivity index (χ3n) is 2.39. The summed E-state index contributed by atoms with van der Waals surface area (Å²) in [6, 6.07) is 10.1. The molecule has 1 aromatic heterocycles. The summed E-state index contributed by atoms with van der Waals surface area (Å²) < 4.78 is 0. The molecule has 0 aliphatic heterocycles. The Kier molecular flexibility index (Phi) is 2.78. The molecule has 1 aromatic carbocycles. The average Bonchev–Trinajstić information content (AvgIpc) is 2.27. The minimum atomic E-state index is 0.518. The predicted molar refractivity (Wildman–Crippen MR) is 65.6 cm³/mol. The number of anilines is 1. The lowest BCUT2D eigenvalue weighted by atomic mass is 10.1. The van der Waals surface area contributed by atoms with Gasteiger partial charge in [-0.05, 0) is 17.7 Å². The zero-order valence-corrected chi connectivity index (χ0v) is 9.62. The van der Waals surface area contributed by atoms with Crippen LogP contribution in [0.5, 0.6) is 0 Å². The number of fused-ring (bicyclic) bond motifs is 1. The van der Waals surface area contributed by atoms with Gasteiger partial charge < -0.3 is 4.90 Å². The number of para-hydroxylation sites is 1. The quantitative estimate of drug-likeness (QED) is 0.724. The second-order valence-electron chi connectivity index (χ2n) is 3.68. The Hall–Kier alpha value is -1.28. The Bertz CT molecular complexity index is 480. The first kappa shape index (κ1) is 10.2. The smallest absolute Gasteiger partial charge is 0.129 e. The Morgan fingerprint density at radius 3 is 2.67 bits per heavy atom. The van der Waals surface area contributed by atoms with Crippen LogP contribution in [0, 0.1) is 0 Å². The molecule has 0 radical (unpaired) electrons. The van der Waals surface area contributed by atoms with E-state index in [-0.39, 0.29) is 0 Å². The van der Waals surface area contributed by atoms with Gasteiger partial charge in [-0.25, -0.2) is 4.98 Å². The van der Waals surface area contributed by atoms with Crippen molar-refractivity contribution in [3.05, 3.63) is 35.9 Å². The van der Waals surface area contributed by atoms with E-state index >= 15 is 0 Å². The summed E-state index contributed by atoms with van der Waals surface area (Å²) in [4.78, 5) is 6.54. The van der Waals surface area contributed by atoms with Gasteiger partial charge in [-0.1, -0.05) is 18.2 Å². The Morgan fingerprint density at radius 2 is 2.00 bits per heavy atom. The zero-order chi connectivity index (χ0) is 10.8. The van der Waals surface area contributed by atoms with Crippen molar-refractivity contribution in [1.82, 2.24) is 4.98 Å². The molecular formula is C12H13ClN2. The van der Waals surface area contributed by atoms with E-state index in [0.29, 0.717) is 5.88 Å². The molecule has 0 aliphatic rings. The molecule has 2 nitrogen and oxygen atoms in total. The van der Waals surface area contributed by atoms with Crippen LogP contribution in [-0.4, -0.2) is 19.1 Å². The molecule has 0 aliphatic carbocycles. The summed E-state index contributed by atoms with van der Waals surface area (Å²) in [5.41, 5.74) is 2.13. The molecule has 0 bridgehead atoms. The van der Waals surface area contributed by atoms with Crippen molar-refractivity contribution >= 4 is 28.3 Å². The van der Waals surface area contributed by atoms with E-state index < -0.39 is 0 Å². The maximum Gasteiger partial charge on any atom is 0.129 e. The van der Waals surface area contributed by atoms with Crippen molar-refractivity contribution in [2.75, 3.05) is 19.0 Å². The average molecular weight is 221 g/mol.